The van der Waals surface area contributed by atoms with Crippen molar-refractivity contribution in [3.63, 3.8) is 0 Å². The van der Waals surface area contributed by atoms with Gasteiger partial charge in [0.1, 0.15) is 5.75 Å². The molecule has 0 bridgehead atoms. The van der Waals surface area contributed by atoms with Crippen molar-refractivity contribution in [2.24, 2.45) is 0 Å². The third-order valence-electron chi connectivity index (χ3n) is 3.25. The fourth-order valence-electron chi connectivity index (χ4n) is 2.06. The van der Waals surface area contributed by atoms with Crippen LogP contribution in [0.2, 0.25) is 5.02 Å². The summed E-state index contributed by atoms with van der Waals surface area (Å²) in [5, 5.41) is 10.9. The molecule has 0 aliphatic heterocycles. The Morgan fingerprint density at radius 1 is 1.30 bits per heavy atom. The maximum absolute atomic E-state index is 10.4. The van der Waals surface area contributed by atoms with E-state index < -0.39 is 6.10 Å². The number of rotatable bonds is 5. The summed E-state index contributed by atoms with van der Waals surface area (Å²) >= 11 is 5.98. The van der Waals surface area contributed by atoms with Crippen molar-refractivity contribution in [2.45, 2.75) is 25.9 Å². The molecular formula is C16H18ClNO2. The van der Waals surface area contributed by atoms with Gasteiger partial charge in [-0.1, -0.05) is 24.6 Å². The molecule has 0 fully saturated rings. The molecule has 3 nitrogen and oxygen atoms in total. The predicted octanol–water partition coefficient (Wildman–Crippen LogP) is 3.58. The summed E-state index contributed by atoms with van der Waals surface area (Å²) in [6, 6.07) is 9.20. The zero-order valence-electron chi connectivity index (χ0n) is 11.6. The Hall–Kier alpha value is -1.58. The average Bonchev–Trinajstić information content (AvgIpc) is 2.48. The Bertz CT molecular complexity index is 569. The molecule has 1 unspecified atom stereocenters. The fourth-order valence-corrected chi connectivity index (χ4v) is 2.24. The third-order valence-corrected chi connectivity index (χ3v) is 3.48. The Kier molecular flexibility index (Phi) is 4.99. The number of aliphatic hydroxyl groups is 1. The molecule has 0 spiro atoms. The molecule has 106 valence electrons. The highest BCUT2D eigenvalue weighted by Crippen LogP contribution is 2.29. The third kappa shape index (κ3) is 3.50. The first-order valence-corrected chi connectivity index (χ1v) is 6.97. The van der Waals surface area contributed by atoms with Gasteiger partial charge in [-0.2, -0.15) is 0 Å². The summed E-state index contributed by atoms with van der Waals surface area (Å²) in [6.07, 6.45) is 2.54. The number of pyridine rings is 1. The van der Waals surface area contributed by atoms with E-state index in [0.29, 0.717) is 22.8 Å². The van der Waals surface area contributed by atoms with Crippen molar-refractivity contribution < 1.29 is 9.84 Å². The maximum Gasteiger partial charge on any atom is 0.124 e. The van der Waals surface area contributed by atoms with Crippen LogP contribution in [0, 0.1) is 0 Å². The average molecular weight is 292 g/mol. The van der Waals surface area contributed by atoms with Crippen LogP contribution in [0.4, 0.5) is 0 Å². The van der Waals surface area contributed by atoms with Crippen molar-refractivity contribution in [3.8, 4) is 5.75 Å². The van der Waals surface area contributed by atoms with Gasteiger partial charge in [0, 0.05) is 28.9 Å². The highest BCUT2D eigenvalue weighted by molar-refractivity contribution is 6.30. The molecule has 2 rings (SSSR count). The molecule has 1 aromatic heterocycles. The van der Waals surface area contributed by atoms with Crippen LogP contribution in [0.3, 0.4) is 0 Å². The van der Waals surface area contributed by atoms with E-state index in [1.807, 2.05) is 18.3 Å². The molecule has 0 amide bonds. The van der Waals surface area contributed by atoms with E-state index in [2.05, 4.69) is 11.9 Å². The first-order valence-electron chi connectivity index (χ1n) is 6.59. The number of benzene rings is 1. The summed E-state index contributed by atoms with van der Waals surface area (Å²) in [5.41, 5.74) is 2.71. The lowest BCUT2D eigenvalue weighted by molar-refractivity contribution is 0.173. The van der Waals surface area contributed by atoms with Crippen molar-refractivity contribution in [3.05, 3.63) is 58.4 Å². The Morgan fingerprint density at radius 2 is 2.10 bits per heavy atom. The van der Waals surface area contributed by atoms with E-state index in [9.17, 15) is 5.11 Å². The van der Waals surface area contributed by atoms with Gasteiger partial charge in [-0.3, -0.25) is 4.98 Å². The van der Waals surface area contributed by atoms with Crippen LogP contribution in [-0.4, -0.2) is 17.2 Å². The number of aromatic nitrogens is 1. The van der Waals surface area contributed by atoms with E-state index in [1.165, 1.54) is 5.56 Å². The summed E-state index contributed by atoms with van der Waals surface area (Å²) in [5.74, 6) is 0.632. The fraction of sp³-hybridized carbons (Fsp3) is 0.312. The summed E-state index contributed by atoms with van der Waals surface area (Å²) in [4.78, 5) is 4.36. The highest BCUT2D eigenvalue weighted by atomic mass is 35.5. The Balaban J connectivity index is 2.18. The zero-order chi connectivity index (χ0) is 14.5. The molecule has 1 heterocycles. The van der Waals surface area contributed by atoms with Gasteiger partial charge in [0.05, 0.1) is 13.2 Å². The van der Waals surface area contributed by atoms with Gasteiger partial charge in [-0.15, -0.1) is 0 Å². The maximum atomic E-state index is 10.4. The summed E-state index contributed by atoms with van der Waals surface area (Å²) < 4.78 is 5.26. The molecule has 0 saturated carbocycles. The molecule has 0 aliphatic carbocycles. The SMILES string of the molecule is CCc1ccc(CC(O)c2cc(Cl)ccc2OC)nc1. The molecule has 0 radical (unpaired) electrons. The normalized spacial score (nSPS) is 12.2. The number of ether oxygens (including phenoxy) is 1. The number of nitrogens with zero attached hydrogens (tertiary/aromatic N) is 1. The molecule has 4 heteroatoms. The smallest absolute Gasteiger partial charge is 0.124 e. The quantitative estimate of drug-likeness (QED) is 0.915. The first kappa shape index (κ1) is 14.8. The van der Waals surface area contributed by atoms with Crippen molar-refractivity contribution in [2.75, 3.05) is 7.11 Å². The van der Waals surface area contributed by atoms with Gasteiger partial charge in [0.25, 0.3) is 0 Å². The van der Waals surface area contributed by atoms with Crippen molar-refractivity contribution in [1.29, 1.82) is 0 Å². The molecule has 1 N–H and O–H groups in total. The predicted molar refractivity (Wildman–Crippen MR) is 80.3 cm³/mol. The van der Waals surface area contributed by atoms with E-state index in [-0.39, 0.29) is 0 Å². The standard InChI is InChI=1S/C16H18ClNO2/c1-3-11-4-6-13(18-10-11)9-15(19)14-8-12(17)5-7-16(14)20-2/h4-8,10,15,19H,3,9H2,1-2H3. The van der Waals surface area contributed by atoms with Gasteiger partial charge in [0.2, 0.25) is 0 Å². The summed E-state index contributed by atoms with van der Waals surface area (Å²) in [7, 11) is 1.58. The molecular weight excluding hydrogens is 274 g/mol. The van der Waals surface area contributed by atoms with E-state index >= 15 is 0 Å². The lowest BCUT2D eigenvalue weighted by Crippen LogP contribution is -2.05. The van der Waals surface area contributed by atoms with Crippen LogP contribution in [0.15, 0.2) is 36.5 Å². The molecule has 2 aromatic rings. The minimum atomic E-state index is -0.691. The second-order valence-electron chi connectivity index (χ2n) is 4.62. The Labute approximate surface area is 124 Å². The van der Waals surface area contributed by atoms with Gasteiger partial charge < -0.3 is 9.84 Å². The van der Waals surface area contributed by atoms with Crippen LogP contribution in [0.5, 0.6) is 5.75 Å². The Morgan fingerprint density at radius 3 is 2.70 bits per heavy atom. The van der Waals surface area contributed by atoms with Gasteiger partial charge in [-0.25, -0.2) is 0 Å². The minimum Gasteiger partial charge on any atom is -0.496 e. The van der Waals surface area contributed by atoms with E-state index in [4.69, 9.17) is 16.3 Å². The van der Waals surface area contributed by atoms with Crippen molar-refractivity contribution >= 4 is 11.6 Å². The van der Waals surface area contributed by atoms with Crippen LogP contribution in [-0.2, 0) is 12.8 Å². The second-order valence-corrected chi connectivity index (χ2v) is 5.05. The first-order chi connectivity index (χ1) is 9.63. The molecule has 1 atom stereocenters. The van der Waals surface area contributed by atoms with Crippen LogP contribution in [0.25, 0.3) is 0 Å². The van der Waals surface area contributed by atoms with Crippen LogP contribution >= 0.6 is 11.6 Å². The van der Waals surface area contributed by atoms with E-state index in [1.54, 1.807) is 25.3 Å². The number of methoxy groups -OCH3 is 1. The largest absolute Gasteiger partial charge is 0.496 e. The number of hydrogen-bond donors (Lipinski definition) is 1. The molecule has 1 aromatic carbocycles. The summed E-state index contributed by atoms with van der Waals surface area (Å²) in [6.45, 7) is 2.09. The number of aliphatic hydroxyl groups excluding tert-OH is 1. The number of aryl methyl sites for hydroxylation is 1. The zero-order valence-corrected chi connectivity index (χ0v) is 12.4. The lowest BCUT2D eigenvalue weighted by Gasteiger charge is -2.15. The number of halogens is 1. The van der Waals surface area contributed by atoms with Gasteiger partial charge in [0.15, 0.2) is 0 Å². The van der Waals surface area contributed by atoms with Crippen molar-refractivity contribution in [1.82, 2.24) is 4.98 Å². The molecule has 0 aliphatic rings. The van der Waals surface area contributed by atoms with Gasteiger partial charge >= 0.3 is 0 Å². The number of hydrogen-bond acceptors (Lipinski definition) is 3. The topological polar surface area (TPSA) is 42.4 Å². The van der Waals surface area contributed by atoms with E-state index in [0.717, 1.165) is 12.1 Å². The van der Waals surface area contributed by atoms with Crippen LogP contribution in [0.1, 0.15) is 29.8 Å². The van der Waals surface area contributed by atoms with Crippen LogP contribution < -0.4 is 4.74 Å². The lowest BCUT2D eigenvalue weighted by atomic mass is 10.0. The second kappa shape index (κ2) is 6.73. The molecule has 20 heavy (non-hydrogen) atoms. The monoisotopic (exact) mass is 291 g/mol. The highest BCUT2D eigenvalue weighted by Gasteiger charge is 2.15. The van der Waals surface area contributed by atoms with Gasteiger partial charge in [-0.05, 0) is 36.2 Å². The minimum absolute atomic E-state index is 0.431. The molecule has 0 saturated heterocycles.